The third-order valence-corrected chi connectivity index (χ3v) is 3.43. The van der Waals surface area contributed by atoms with Gasteiger partial charge in [-0.15, -0.1) is 0 Å². The Kier molecular flexibility index (Phi) is 7.66. The van der Waals surface area contributed by atoms with Crippen molar-refractivity contribution in [3.8, 4) is 0 Å². The number of nitrogens with two attached hydrogens (primary N) is 1. The van der Waals surface area contributed by atoms with Crippen LogP contribution in [0.1, 0.15) is 27.2 Å². The number of rotatable bonds is 1. The van der Waals surface area contributed by atoms with E-state index in [4.69, 9.17) is 15.0 Å². The zero-order valence-corrected chi connectivity index (χ0v) is 11.4. The molecule has 0 aromatic heterocycles. The zero-order chi connectivity index (χ0) is 13.3. The first-order chi connectivity index (χ1) is 7.97. The first kappa shape index (κ1) is 16.0. The molecule has 0 amide bonds. The largest absolute Gasteiger partial charge is 0.483 e. The molecule has 1 unspecified atom stereocenters. The predicted molar refractivity (Wildman–Crippen MR) is 72.7 cm³/mol. The molecule has 1 saturated carbocycles. The van der Waals surface area contributed by atoms with Crippen molar-refractivity contribution in [3.05, 3.63) is 30.3 Å². The lowest BCUT2D eigenvalue weighted by atomic mass is 10.1. The summed E-state index contributed by atoms with van der Waals surface area (Å²) in [7, 11) is 0. The van der Waals surface area contributed by atoms with Crippen molar-refractivity contribution in [2.24, 2.45) is 16.5 Å². The molecule has 3 nitrogen and oxygen atoms in total. The molecule has 0 spiro atoms. The highest BCUT2D eigenvalue weighted by atomic mass is 32.2. The molecule has 1 aliphatic carbocycles. The van der Waals surface area contributed by atoms with E-state index in [-0.39, 0.29) is 6.47 Å². The van der Waals surface area contributed by atoms with Gasteiger partial charge in [-0.05, 0) is 41.8 Å². The molecule has 1 atom stereocenters. The highest BCUT2D eigenvalue weighted by molar-refractivity contribution is 7.97. The fraction of sp³-hybridized carbons (Fsp3) is 0.462. The summed E-state index contributed by atoms with van der Waals surface area (Å²) in [5, 5.41) is 12.2. The first-order valence-electron chi connectivity index (χ1n) is 5.47. The van der Waals surface area contributed by atoms with Crippen LogP contribution in [0.15, 0.2) is 35.2 Å². The highest BCUT2D eigenvalue weighted by Gasteiger charge is 2.41. The minimum absolute atomic E-state index is 0.250. The average molecular weight is 255 g/mol. The smallest absolute Gasteiger partial charge is 0.290 e. The summed E-state index contributed by atoms with van der Waals surface area (Å²) in [4.78, 5) is 9.47. The van der Waals surface area contributed by atoms with Gasteiger partial charge in [0.2, 0.25) is 0 Å². The average Bonchev–Trinajstić information content (AvgIpc) is 2.86. The number of hydrogen-bond acceptors (Lipinski definition) is 3. The van der Waals surface area contributed by atoms with Crippen LogP contribution in [0.4, 0.5) is 0 Å². The Bertz CT molecular complexity index is 314. The normalized spacial score (nSPS) is 18.9. The molecule has 0 aliphatic heterocycles. The van der Waals surface area contributed by atoms with E-state index < -0.39 is 0 Å². The van der Waals surface area contributed by atoms with Crippen LogP contribution in [-0.2, 0) is 4.79 Å². The Morgan fingerprint density at radius 2 is 1.76 bits per heavy atom. The second-order valence-electron chi connectivity index (χ2n) is 4.63. The Hall–Kier alpha value is -1.00. The highest BCUT2D eigenvalue weighted by Crippen LogP contribution is 2.50. The second kappa shape index (κ2) is 8.14. The minimum Gasteiger partial charge on any atom is -0.483 e. The summed E-state index contributed by atoms with van der Waals surface area (Å²) in [6.45, 7) is 6.69. The summed E-state index contributed by atoms with van der Waals surface area (Å²) in [6.07, 6.45) is 1.44. The molecule has 1 aromatic carbocycles. The Morgan fingerprint density at radius 3 is 1.94 bits per heavy atom. The van der Waals surface area contributed by atoms with E-state index >= 15 is 0 Å². The number of hydrogen-bond donors (Lipinski definition) is 2. The Morgan fingerprint density at radius 1 is 1.41 bits per heavy atom. The standard InChI is InChI=1S/C6H7NS.C6H12.CH2O2/c7-8-6-4-2-1-3-5-6;1-5-4-6(5,2)3;2-1-3/h1-5H,7H2;5H,4H2,1-3H3;1H,(H,2,3). The molecule has 2 rings (SSSR count). The molecule has 0 saturated heterocycles. The third kappa shape index (κ3) is 7.82. The number of benzene rings is 1. The lowest BCUT2D eigenvalue weighted by molar-refractivity contribution is -0.122. The maximum absolute atomic E-state index is 8.36. The van der Waals surface area contributed by atoms with E-state index in [2.05, 4.69) is 20.8 Å². The quantitative estimate of drug-likeness (QED) is 0.596. The van der Waals surface area contributed by atoms with Gasteiger partial charge in [-0.2, -0.15) is 0 Å². The van der Waals surface area contributed by atoms with Crippen LogP contribution in [0.2, 0.25) is 0 Å². The van der Waals surface area contributed by atoms with Gasteiger partial charge in [0.15, 0.2) is 0 Å². The van der Waals surface area contributed by atoms with Gasteiger partial charge in [0.05, 0.1) is 0 Å². The molecule has 1 fully saturated rings. The van der Waals surface area contributed by atoms with Crippen molar-refractivity contribution < 1.29 is 9.90 Å². The van der Waals surface area contributed by atoms with E-state index in [1.54, 1.807) is 0 Å². The van der Waals surface area contributed by atoms with E-state index in [9.17, 15) is 0 Å². The molecule has 17 heavy (non-hydrogen) atoms. The van der Waals surface area contributed by atoms with Crippen LogP contribution in [0.3, 0.4) is 0 Å². The van der Waals surface area contributed by atoms with E-state index in [1.807, 2.05) is 30.3 Å². The molecule has 0 radical (unpaired) electrons. The van der Waals surface area contributed by atoms with Crippen molar-refractivity contribution in [2.45, 2.75) is 32.1 Å². The predicted octanol–water partition coefficient (Wildman–Crippen LogP) is 3.41. The Labute approximate surface area is 108 Å². The Balaban J connectivity index is 0.000000252. The SMILES string of the molecule is CC1CC1(C)C.NSc1ccccc1.O=CO. The molecule has 1 aromatic rings. The lowest BCUT2D eigenvalue weighted by Crippen LogP contribution is -1.82. The van der Waals surface area contributed by atoms with Gasteiger partial charge < -0.3 is 5.11 Å². The summed E-state index contributed by atoms with van der Waals surface area (Å²) >= 11 is 1.27. The van der Waals surface area contributed by atoms with Gasteiger partial charge >= 0.3 is 0 Å². The molecular formula is C13H21NO2S. The maximum atomic E-state index is 8.36. The van der Waals surface area contributed by atoms with E-state index in [1.165, 1.54) is 18.4 Å². The summed E-state index contributed by atoms with van der Waals surface area (Å²) in [5.41, 5.74) is 0.708. The third-order valence-electron chi connectivity index (χ3n) is 2.89. The fourth-order valence-corrected chi connectivity index (χ4v) is 1.54. The zero-order valence-electron chi connectivity index (χ0n) is 10.6. The summed E-state index contributed by atoms with van der Waals surface area (Å²) in [6, 6.07) is 9.86. The topological polar surface area (TPSA) is 63.3 Å². The van der Waals surface area contributed by atoms with Gasteiger partial charge in [0.1, 0.15) is 0 Å². The maximum Gasteiger partial charge on any atom is 0.290 e. The summed E-state index contributed by atoms with van der Waals surface area (Å²) < 4.78 is 0. The monoisotopic (exact) mass is 255 g/mol. The first-order valence-corrected chi connectivity index (χ1v) is 6.35. The lowest BCUT2D eigenvalue weighted by Gasteiger charge is -1.91. The van der Waals surface area contributed by atoms with Crippen molar-refractivity contribution in [1.29, 1.82) is 0 Å². The molecular weight excluding hydrogens is 234 g/mol. The molecule has 0 bridgehead atoms. The van der Waals surface area contributed by atoms with Crippen LogP contribution >= 0.6 is 11.9 Å². The van der Waals surface area contributed by atoms with Crippen molar-refractivity contribution in [3.63, 3.8) is 0 Å². The van der Waals surface area contributed by atoms with Gasteiger partial charge in [-0.25, -0.2) is 0 Å². The van der Waals surface area contributed by atoms with Crippen LogP contribution in [0.25, 0.3) is 0 Å². The second-order valence-corrected chi connectivity index (χ2v) is 5.34. The van der Waals surface area contributed by atoms with Gasteiger partial charge in [0, 0.05) is 4.90 Å². The van der Waals surface area contributed by atoms with Crippen LogP contribution < -0.4 is 5.14 Å². The number of carbonyl (C=O) groups is 1. The van der Waals surface area contributed by atoms with Crippen LogP contribution in [0.5, 0.6) is 0 Å². The fourth-order valence-electron chi connectivity index (χ4n) is 1.23. The molecule has 3 N–H and O–H groups in total. The minimum atomic E-state index is -0.250. The van der Waals surface area contributed by atoms with Crippen molar-refractivity contribution in [2.75, 3.05) is 0 Å². The van der Waals surface area contributed by atoms with Crippen molar-refractivity contribution in [1.82, 2.24) is 0 Å². The van der Waals surface area contributed by atoms with Gasteiger partial charge in [-0.3, -0.25) is 9.93 Å². The van der Waals surface area contributed by atoms with E-state index in [0.717, 1.165) is 10.8 Å². The number of carboxylic acid groups (broad SMARTS) is 1. The van der Waals surface area contributed by atoms with E-state index in [0.29, 0.717) is 5.41 Å². The van der Waals surface area contributed by atoms with Gasteiger partial charge in [0.25, 0.3) is 6.47 Å². The molecule has 1 aliphatic rings. The van der Waals surface area contributed by atoms with Crippen LogP contribution in [-0.4, -0.2) is 11.6 Å². The van der Waals surface area contributed by atoms with Crippen LogP contribution in [0, 0.1) is 11.3 Å². The van der Waals surface area contributed by atoms with Crippen molar-refractivity contribution >= 4 is 18.4 Å². The molecule has 96 valence electrons. The summed E-state index contributed by atoms with van der Waals surface area (Å²) in [5.74, 6) is 0.998. The van der Waals surface area contributed by atoms with Gasteiger partial charge in [-0.1, -0.05) is 39.0 Å². The molecule has 0 heterocycles. The molecule has 4 heteroatoms.